The molecule has 1 saturated carbocycles. The fourth-order valence-corrected chi connectivity index (χ4v) is 5.33. The van der Waals surface area contributed by atoms with Gasteiger partial charge in [0.25, 0.3) is 0 Å². The number of carbonyl (C=O) groups is 2. The zero-order valence-electron chi connectivity index (χ0n) is 19.2. The number of hydrogen-bond donors (Lipinski definition) is 1. The summed E-state index contributed by atoms with van der Waals surface area (Å²) < 4.78 is 5.50. The van der Waals surface area contributed by atoms with Gasteiger partial charge in [0.2, 0.25) is 11.8 Å². The zero-order valence-corrected chi connectivity index (χ0v) is 19.2. The van der Waals surface area contributed by atoms with Crippen LogP contribution in [-0.2, 0) is 16.0 Å². The molecule has 2 amide bonds. The molecule has 0 bridgehead atoms. The van der Waals surface area contributed by atoms with E-state index in [0.29, 0.717) is 32.5 Å². The predicted octanol–water partition coefficient (Wildman–Crippen LogP) is 4.45. The maximum atomic E-state index is 13.2. The van der Waals surface area contributed by atoms with Crippen molar-refractivity contribution in [2.75, 3.05) is 26.7 Å². The molecule has 1 atom stereocenters. The number of rotatable bonds is 7. The molecule has 1 heterocycles. The number of amides is 2. The SMILES string of the molecule is CCNC(=O)[C@]1(Cc2ccc(-c3ccccc3OC)cc2)CCN(C(=O)C2CCCC2)C1. The fraction of sp³-hybridized carbons (Fsp3) is 0.481. The van der Waals surface area contributed by atoms with Crippen LogP contribution in [0.5, 0.6) is 5.75 Å². The molecular weight excluding hydrogens is 400 g/mol. The van der Waals surface area contributed by atoms with Crippen molar-refractivity contribution >= 4 is 11.8 Å². The molecule has 4 rings (SSSR count). The Labute approximate surface area is 191 Å². The first-order valence-electron chi connectivity index (χ1n) is 11.9. The van der Waals surface area contributed by atoms with Crippen LogP contribution in [0.25, 0.3) is 11.1 Å². The van der Waals surface area contributed by atoms with E-state index in [2.05, 4.69) is 29.6 Å². The molecule has 0 unspecified atom stereocenters. The third kappa shape index (κ3) is 4.52. The van der Waals surface area contributed by atoms with Gasteiger partial charge in [0.05, 0.1) is 12.5 Å². The van der Waals surface area contributed by atoms with E-state index < -0.39 is 5.41 Å². The van der Waals surface area contributed by atoms with Gasteiger partial charge in [0, 0.05) is 31.1 Å². The molecule has 2 aromatic carbocycles. The highest BCUT2D eigenvalue weighted by molar-refractivity contribution is 5.86. The lowest BCUT2D eigenvalue weighted by molar-refractivity contribution is -0.136. The van der Waals surface area contributed by atoms with Crippen molar-refractivity contribution in [1.29, 1.82) is 0 Å². The van der Waals surface area contributed by atoms with Crippen LogP contribution >= 0.6 is 0 Å². The van der Waals surface area contributed by atoms with Gasteiger partial charge in [0.15, 0.2) is 0 Å². The zero-order chi connectivity index (χ0) is 22.6. The van der Waals surface area contributed by atoms with E-state index in [1.807, 2.05) is 36.1 Å². The summed E-state index contributed by atoms with van der Waals surface area (Å²) in [4.78, 5) is 28.1. The van der Waals surface area contributed by atoms with Gasteiger partial charge in [-0.1, -0.05) is 55.3 Å². The van der Waals surface area contributed by atoms with E-state index in [4.69, 9.17) is 4.74 Å². The summed E-state index contributed by atoms with van der Waals surface area (Å²) in [6.07, 6.45) is 5.63. The molecule has 5 heteroatoms. The van der Waals surface area contributed by atoms with E-state index in [-0.39, 0.29) is 17.7 Å². The van der Waals surface area contributed by atoms with Crippen LogP contribution in [-0.4, -0.2) is 43.5 Å². The number of nitrogens with one attached hydrogen (secondary N) is 1. The van der Waals surface area contributed by atoms with E-state index in [9.17, 15) is 9.59 Å². The van der Waals surface area contributed by atoms with Crippen molar-refractivity contribution in [1.82, 2.24) is 10.2 Å². The molecule has 1 aliphatic carbocycles. The molecule has 2 aliphatic rings. The number of carbonyl (C=O) groups excluding carboxylic acids is 2. The van der Waals surface area contributed by atoms with Crippen molar-refractivity contribution in [3.8, 4) is 16.9 Å². The van der Waals surface area contributed by atoms with Crippen LogP contribution in [0.15, 0.2) is 48.5 Å². The molecule has 2 aromatic rings. The minimum atomic E-state index is -0.559. The molecule has 0 radical (unpaired) electrons. The second kappa shape index (κ2) is 9.76. The summed E-state index contributed by atoms with van der Waals surface area (Å²) in [5.74, 6) is 1.31. The maximum absolute atomic E-state index is 13.2. The number of likely N-dealkylation sites (tertiary alicyclic amines) is 1. The predicted molar refractivity (Wildman–Crippen MR) is 126 cm³/mol. The van der Waals surface area contributed by atoms with Gasteiger partial charge in [-0.2, -0.15) is 0 Å². The first-order chi connectivity index (χ1) is 15.6. The Morgan fingerprint density at radius 2 is 1.81 bits per heavy atom. The summed E-state index contributed by atoms with van der Waals surface area (Å²) in [6.45, 7) is 3.74. The summed E-state index contributed by atoms with van der Waals surface area (Å²) >= 11 is 0. The van der Waals surface area contributed by atoms with Crippen molar-refractivity contribution < 1.29 is 14.3 Å². The highest BCUT2D eigenvalue weighted by atomic mass is 16.5. The highest BCUT2D eigenvalue weighted by Gasteiger charge is 2.46. The molecule has 170 valence electrons. The lowest BCUT2D eigenvalue weighted by atomic mass is 9.79. The minimum Gasteiger partial charge on any atom is -0.496 e. The van der Waals surface area contributed by atoms with Crippen LogP contribution in [0.1, 0.15) is 44.6 Å². The van der Waals surface area contributed by atoms with E-state index in [0.717, 1.165) is 48.1 Å². The van der Waals surface area contributed by atoms with Gasteiger partial charge in [-0.15, -0.1) is 0 Å². The molecule has 1 aliphatic heterocycles. The fourth-order valence-electron chi connectivity index (χ4n) is 5.33. The summed E-state index contributed by atoms with van der Waals surface area (Å²) in [5.41, 5.74) is 2.69. The number of methoxy groups -OCH3 is 1. The van der Waals surface area contributed by atoms with Gasteiger partial charge < -0.3 is 15.0 Å². The summed E-state index contributed by atoms with van der Waals surface area (Å²) in [7, 11) is 1.68. The standard InChI is InChI=1S/C27H34N2O3/c1-3-28-26(31)27(16-17-29(19-27)25(30)22-8-4-5-9-22)18-20-12-14-21(15-13-20)23-10-6-7-11-24(23)32-2/h6-7,10-15,22H,3-5,8-9,16-19H2,1-2H3,(H,28,31)/t27-/m0/s1. The lowest BCUT2D eigenvalue weighted by Crippen LogP contribution is -2.45. The van der Waals surface area contributed by atoms with E-state index in [1.165, 1.54) is 0 Å². The van der Waals surface area contributed by atoms with Crippen LogP contribution in [0.2, 0.25) is 0 Å². The number of benzene rings is 2. The van der Waals surface area contributed by atoms with Crippen LogP contribution < -0.4 is 10.1 Å². The van der Waals surface area contributed by atoms with Crippen LogP contribution in [0.3, 0.4) is 0 Å². The van der Waals surface area contributed by atoms with Gasteiger partial charge in [-0.25, -0.2) is 0 Å². The largest absolute Gasteiger partial charge is 0.496 e. The average molecular weight is 435 g/mol. The Hall–Kier alpha value is -2.82. The van der Waals surface area contributed by atoms with Gasteiger partial charge in [-0.3, -0.25) is 9.59 Å². The quantitative estimate of drug-likeness (QED) is 0.700. The third-order valence-electron chi connectivity index (χ3n) is 7.10. The molecule has 5 nitrogen and oxygen atoms in total. The number of ether oxygens (including phenoxy) is 1. The topological polar surface area (TPSA) is 58.6 Å². The second-order valence-corrected chi connectivity index (χ2v) is 9.20. The first-order valence-corrected chi connectivity index (χ1v) is 11.9. The van der Waals surface area contributed by atoms with Gasteiger partial charge in [0.1, 0.15) is 5.75 Å². The van der Waals surface area contributed by atoms with Crippen LogP contribution in [0, 0.1) is 11.3 Å². The van der Waals surface area contributed by atoms with E-state index >= 15 is 0 Å². The summed E-state index contributed by atoms with van der Waals surface area (Å²) in [6, 6.07) is 16.4. The highest BCUT2D eigenvalue weighted by Crippen LogP contribution is 2.38. The molecular formula is C27H34N2O3. The lowest BCUT2D eigenvalue weighted by Gasteiger charge is -2.29. The third-order valence-corrected chi connectivity index (χ3v) is 7.10. The monoisotopic (exact) mass is 434 g/mol. The Morgan fingerprint density at radius 1 is 1.09 bits per heavy atom. The number of para-hydroxylation sites is 1. The Balaban J connectivity index is 1.53. The Bertz CT molecular complexity index is 950. The molecule has 32 heavy (non-hydrogen) atoms. The van der Waals surface area contributed by atoms with Crippen molar-refractivity contribution in [3.63, 3.8) is 0 Å². The van der Waals surface area contributed by atoms with Crippen molar-refractivity contribution in [2.45, 2.75) is 45.4 Å². The number of hydrogen-bond acceptors (Lipinski definition) is 3. The molecule has 1 N–H and O–H groups in total. The Morgan fingerprint density at radius 3 is 2.50 bits per heavy atom. The molecule has 0 spiro atoms. The number of nitrogens with zero attached hydrogens (tertiary/aromatic N) is 1. The normalized spacial score (nSPS) is 21.0. The molecule has 0 aromatic heterocycles. The maximum Gasteiger partial charge on any atom is 0.228 e. The van der Waals surface area contributed by atoms with Gasteiger partial charge in [-0.05, 0) is 49.8 Å². The Kier molecular flexibility index (Phi) is 6.83. The molecule has 1 saturated heterocycles. The van der Waals surface area contributed by atoms with E-state index in [1.54, 1.807) is 7.11 Å². The minimum absolute atomic E-state index is 0.0653. The van der Waals surface area contributed by atoms with Crippen molar-refractivity contribution in [3.05, 3.63) is 54.1 Å². The molecule has 2 fully saturated rings. The van der Waals surface area contributed by atoms with Gasteiger partial charge >= 0.3 is 0 Å². The second-order valence-electron chi connectivity index (χ2n) is 9.20. The van der Waals surface area contributed by atoms with Crippen LogP contribution in [0.4, 0.5) is 0 Å². The van der Waals surface area contributed by atoms with Crippen molar-refractivity contribution in [2.24, 2.45) is 11.3 Å². The summed E-state index contributed by atoms with van der Waals surface area (Å²) in [5, 5.41) is 3.04. The first kappa shape index (κ1) is 22.4. The average Bonchev–Trinajstić information content (AvgIpc) is 3.51. The smallest absolute Gasteiger partial charge is 0.228 e.